The van der Waals surface area contributed by atoms with E-state index in [-0.39, 0.29) is 17.5 Å². The van der Waals surface area contributed by atoms with Gasteiger partial charge in [0.15, 0.2) is 5.75 Å². The van der Waals surface area contributed by atoms with Gasteiger partial charge in [-0.05, 0) is 32.0 Å². The van der Waals surface area contributed by atoms with Crippen molar-refractivity contribution < 1.29 is 9.66 Å². The number of ether oxygens (including phenoxy) is 1. The number of halogens is 1. The summed E-state index contributed by atoms with van der Waals surface area (Å²) in [6.07, 6.45) is 1.70. The normalized spacial score (nSPS) is 25.1. The molecule has 1 aromatic carbocycles. The summed E-state index contributed by atoms with van der Waals surface area (Å²) < 4.78 is 6.36. The number of nitrogens with zero attached hydrogens (tertiary/aromatic N) is 2. The lowest BCUT2D eigenvalue weighted by molar-refractivity contribution is -0.386. The van der Waals surface area contributed by atoms with Crippen LogP contribution in [0.15, 0.2) is 22.7 Å². The number of nitro groups is 1. The van der Waals surface area contributed by atoms with Gasteiger partial charge in [-0.1, -0.05) is 15.9 Å². The summed E-state index contributed by atoms with van der Waals surface area (Å²) in [5.74, 6) is 0.244. The van der Waals surface area contributed by atoms with E-state index in [1.807, 2.05) is 0 Å². The monoisotopic (exact) mass is 339 g/mol. The van der Waals surface area contributed by atoms with Gasteiger partial charge in [0, 0.05) is 17.0 Å². The molecule has 0 aliphatic heterocycles. The Morgan fingerprint density at radius 3 is 2.95 bits per heavy atom. The minimum Gasteiger partial charge on any atom is -0.483 e. The van der Waals surface area contributed by atoms with Gasteiger partial charge in [-0.25, -0.2) is 0 Å². The molecular formula is C13H14BrN3O3. The molecule has 7 heteroatoms. The molecule has 2 unspecified atom stereocenters. The molecule has 0 saturated heterocycles. The summed E-state index contributed by atoms with van der Waals surface area (Å²) in [4.78, 5) is 10.6. The van der Waals surface area contributed by atoms with Crippen LogP contribution in [0.4, 0.5) is 5.69 Å². The van der Waals surface area contributed by atoms with Gasteiger partial charge < -0.3 is 10.1 Å². The van der Waals surface area contributed by atoms with E-state index < -0.39 is 10.5 Å². The summed E-state index contributed by atoms with van der Waals surface area (Å²) in [6.45, 7) is 0. The standard InChI is InChI=1S/C13H14BrN3O3/c1-16-13(8-15)5-4-10(7-13)20-12-3-2-9(14)6-11(12)17(18)19/h2-3,6,10,16H,4-5,7H2,1H3. The van der Waals surface area contributed by atoms with Crippen LogP contribution < -0.4 is 10.1 Å². The van der Waals surface area contributed by atoms with Crippen LogP contribution in [0.25, 0.3) is 0 Å². The van der Waals surface area contributed by atoms with Gasteiger partial charge in [0.05, 0.1) is 11.0 Å². The topological polar surface area (TPSA) is 88.2 Å². The Kier molecular flexibility index (Phi) is 4.26. The molecule has 0 amide bonds. The zero-order chi connectivity index (χ0) is 14.8. The highest BCUT2D eigenvalue weighted by Crippen LogP contribution is 2.36. The highest BCUT2D eigenvalue weighted by atomic mass is 79.9. The molecule has 6 nitrogen and oxygen atoms in total. The second-order valence-electron chi connectivity index (χ2n) is 4.80. The number of nitro benzene ring substituents is 1. The second-order valence-corrected chi connectivity index (χ2v) is 5.71. The smallest absolute Gasteiger partial charge is 0.312 e. The molecule has 1 aliphatic carbocycles. The van der Waals surface area contributed by atoms with Gasteiger partial charge >= 0.3 is 5.69 Å². The Labute approximate surface area is 125 Å². The van der Waals surface area contributed by atoms with Crippen molar-refractivity contribution in [1.82, 2.24) is 5.32 Å². The number of nitriles is 1. The molecule has 2 rings (SSSR count). The maximum absolute atomic E-state index is 11.0. The SMILES string of the molecule is CNC1(C#N)CCC(Oc2ccc(Br)cc2[N+](=O)[O-])C1. The van der Waals surface area contributed by atoms with Crippen LogP contribution in [0, 0.1) is 21.4 Å². The van der Waals surface area contributed by atoms with Crippen LogP contribution in [-0.2, 0) is 0 Å². The lowest BCUT2D eigenvalue weighted by Crippen LogP contribution is -2.39. The molecule has 0 bridgehead atoms. The fourth-order valence-corrected chi connectivity index (χ4v) is 2.75. The number of hydrogen-bond acceptors (Lipinski definition) is 5. The molecule has 1 N–H and O–H groups in total. The first kappa shape index (κ1) is 14.8. The van der Waals surface area contributed by atoms with Crippen LogP contribution in [0.5, 0.6) is 5.75 Å². The number of benzene rings is 1. The van der Waals surface area contributed by atoms with E-state index in [9.17, 15) is 15.4 Å². The molecular weight excluding hydrogens is 326 g/mol. The fourth-order valence-electron chi connectivity index (χ4n) is 2.40. The fraction of sp³-hybridized carbons (Fsp3) is 0.462. The van der Waals surface area contributed by atoms with Crippen LogP contribution >= 0.6 is 15.9 Å². The number of nitrogens with one attached hydrogen (secondary N) is 1. The Bertz CT molecular complexity index is 572. The van der Waals surface area contributed by atoms with E-state index in [1.54, 1.807) is 19.2 Å². The van der Waals surface area contributed by atoms with E-state index in [0.29, 0.717) is 23.7 Å². The molecule has 1 fully saturated rings. The maximum Gasteiger partial charge on any atom is 0.312 e. The molecule has 0 heterocycles. The van der Waals surface area contributed by atoms with E-state index in [1.165, 1.54) is 6.07 Å². The zero-order valence-electron chi connectivity index (χ0n) is 10.9. The van der Waals surface area contributed by atoms with Crippen molar-refractivity contribution in [1.29, 1.82) is 5.26 Å². The van der Waals surface area contributed by atoms with E-state index in [2.05, 4.69) is 27.3 Å². The van der Waals surface area contributed by atoms with Crippen molar-refractivity contribution in [3.05, 3.63) is 32.8 Å². The maximum atomic E-state index is 11.0. The molecule has 106 valence electrons. The van der Waals surface area contributed by atoms with Crippen LogP contribution in [0.1, 0.15) is 19.3 Å². The van der Waals surface area contributed by atoms with E-state index >= 15 is 0 Å². The number of hydrogen-bond donors (Lipinski definition) is 1. The average molecular weight is 340 g/mol. The third-order valence-corrected chi connectivity index (χ3v) is 4.07. The van der Waals surface area contributed by atoms with Gasteiger partial charge in [-0.3, -0.25) is 10.1 Å². The quantitative estimate of drug-likeness (QED) is 0.673. The van der Waals surface area contributed by atoms with Crippen molar-refractivity contribution in [2.75, 3.05) is 7.05 Å². The molecule has 0 spiro atoms. The van der Waals surface area contributed by atoms with Crippen molar-refractivity contribution >= 4 is 21.6 Å². The first-order valence-corrected chi connectivity index (χ1v) is 7.00. The van der Waals surface area contributed by atoms with Crippen LogP contribution in [0.3, 0.4) is 0 Å². The first-order valence-electron chi connectivity index (χ1n) is 6.20. The predicted molar refractivity (Wildman–Crippen MR) is 76.5 cm³/mol. The summed E-state index contributed by atoms with van der Waals surface area (Å²) in [5.41, 5.74) is -0.660. The van der Waals surface area contributed by atoms with Gasteiger partial charge in [0.25, 0.3) is 0 Å². The van der Waals surface area contributed by atoms with Crippen LogP contribution in [0.2, 0.25) is 0 Å². The Hall–Kier alpha value is -1.65. The molecule has 2 atom stereocenters. The van der Waals surface area contributed by atoms with Gasteiger partial charge in [0.1, 0.15) is 11.6 Å². The Balaban J connectivity index is 2.16. The largest absolute Gasteiger partial charge is 0.483 e. The van der Waals surface area contributed by atoms with Crippen LogP contribution in [-0.4, -0.2) is 23.6 Å². The predicted octanol–water partition coefficient (Wildman–Crippen LogP) is 2.77. The van der Waals surface area contributed by atoms with E-state index in [0.717, 1.165) is 0 Å². The zero-order valence-corrected chi connectivity index (χ0v) is 12.5. The summed E-state index contributed by atoms with van der Waals surface area (Å²) in [5, 5.41) is 23.2. The number of rotatable bonds is 4. The highest BCUT2D eigenvalue weighted by molar-refractivity contribution is 9.10. The van der Waals surface area contributed by atoms with Crippen molar-refractivity contribution in [3.63, 3.8) is 0 Å². The minimum atomic E-state index is -0.588. The molecule has 0 aromatic heterocycles. The third kappa shape index (κ3) is 2.92. The van der Waals surface area contributed by atoms with Crippen molar-refractivity contribution in [2.24, 2.45) is 0 Å². The first-order chi connectivity index (χ1) is 9.49. The third-order valence-electron chi connectivity index (χ3n) is 3.57. The van der Waals surface area contributed by atoms with Crippen molar-refractivity contribution in [2.45, 2.75) is 30.9 Å². The summed E-state index contributed by atoms with van der Waals surface area (Å²) in [6, 6.07) is 6.95. The highest BCUT2D eigenvalue weighted by Gasteiger charge is 2.40. The van der Waals surface area contributed by atoms with Gasteiger partial charge in [0.2, 0.25) is 0 Å². The molecule has 20 heavy (non-hydrogen) atoms. The second kappa shape index (κ2) is 5.77. The molecule has 1 saturated carbocycles. The molecule has 0 radical (unpaired) electrons. The van der Waals surface area contributed by atoms with Gasteiger partial charge in [-0.2, -0.15) is 5.26 Å². The summed E-state index contributed by atoms with van der Waals surface area (Å²) in [7, 11) is 1.74. The van der Waals surface area contributed by atoms with E-state index in [4.69, 9.17) is 4.74 Å². The summed E-state index contributed by atoms with van der Waals surface area (Å²) >= 11 is 3.20. The average Bonchev–Trinajstić information content (AvgIpc) is 2.84. The van der Waals surface area contributed by atoms with Crippen molar-refractivity contribution in [3.8, 4) is 11.8 Å². The Morgan fingerprint density at radius 2 is 2.40 bits per heavy atom. The molecule has 1 aliphatic rings. The Morgan fingerprint density at radius 1 is 1.65 bits per heavy atom. The lowest BCUT2D eigenvalue weighted by Gasteiger charge is -2.20. The minimum absolute atomic E-state index is 0.0710. The molecule has 1 aromatic rings. The lowest BCUT2D eigenvalue weighted by atomic mass is 10.0. The van der Waals surface area contributed by atoms with Gasteiger partial charge in [-0.15, -0.1) is 0 Å².